The monoisotopic (exact) mass is 223 g/mol. The number of carbonyl (C=O) groups excluding carboxylic acids is 2. The van der Waals surface area contributed by atoms with Crippen LogP contribution in [0.5, 0.6) is 0 Å². The van der Waals surface area contributed by atoms with E-state index >= 15 is 0 Å². The normalized spacial score (nSPS) is 13.1. The number of anilines is 1. The number of nitrogen functional groups attached to an aromatic ring is 1. The van der Waals surface area contributed by atoms with Crippen LogP contribution in [0.4, 0.5) is 5.69 Å². The first-order chi connectivity index (χ1) is 7.09. The quantitative estimate of drug-likeness (QED) is 0.300. The number of carbonyl (C=O) groups is 2. The van der Waals surface area contributed by atoms with E-state index in [0.29, 0.717) is 0 Å². The number of rotatable bonds is 0. The molecule has 2 rings (SSSR count). The minimum Gasteiger partial charge on any atom is -0.398 e. The van der Waals surface area contributed by atoms with E-state index in [1.807, 2.05) is 24.3 Å². The van der Waals surface area contributed by atoms with Crippen molar-refractivity contribution in [1.29, 1.82) is 0 Å². The first-order valence-electron chi connectivity index (χ1n) is 4.07. The smallest absolute Gasteiger partial charge is 0.338 e. The Labute approximate surface area is 92.1 Å². The molecule has 1 aromatic carbocycles. The number of hydrogen-bond donors (Lipinski definition) is 2. The molecule has 0 radical (unpaired) electrons. The Hall–Kier alpha value is -1.75. The number of cyclic esters (lactones) is 2. The van der Waals surface area contributed by atoms with Crippen molar-refractivity contribution in [2.24, 2.45) is 0 Å². The fourth-order valence-electron chi connectivity index (χ4n) is 0.791. The van der Waals surface area contributed by atoms with Gasteiger partial charge in [-0.15, -0.1) is 12.6 Å². The molecular formula is C10H9NO3S. The van der Waals surface area contributed by atoms with Crippen molar-refractivity contribution in [1.82, 2.24) is 0 Å². The fourth-order valence-corrected chi connectivity index (χ4v) is 0.951. The first kappa shape index (κ1) is 11.3. The van der Waals surface area contributed by atoms with Crippen LogP contribution >= 0.6 is 12.6 Å². The molecule has 0 saturated carbocycles. The topological polar surface area (TPSA) is 69.4 Å². The predicted molar refractivity (Wildman–Crippen MR) is 58.3 cm³/mol. The molecule has 0 atom stereocenters. The first-order valence-corrected chi connectivity index (χ1v) is 4.51. The molecule has 0 saturated heterocycles. The van der Waals surface area contributed by atoms with Gasteiger partial charge in [0.25, 0.3) is 0 Å². The van der Waals surface area contributed by atoms with Gasteiger partial charge in [-0.05, 0) is 12.1 Å². The molecule has 0 unspecified atom stereocenters. The lowest BCUT2D eigenvalue weighted by Crippen LogP contribution is -1.96. The van der Waals surface area contributed by atoms with Crippen molar-refractivity contribution in [3.8, 4) is 0 Å². The predicted octanol–water partition coefficient (Wildman–Crippen LogP) is 1.18. The van der Waals surface area contributed by atoms with E-state index in [1.54, 1.807) is 0 Å². The molecule has 78 valence electrons. The lowest BCUT2D eigenvalue weighted by Gasteiger charge is -1.92. The zero-order chi connectivity index (χ0) is 11.3. The summed E-state index contributed by atoms with van der Waals surface area (Å²) in [5, 5.41) is 0. The maximum absolute atomic E-state index is 9.92. The molecule has 0 spiro atoms. The number of nitrogens with two attached hydrogens (primary N) is 1. The summed E-state index contributed by atoms with van der Waals surface area (Å²) in [5.41, 5.74) is 6.18. The van der Waals surface area contributed by atoms with Gasteiger partial charge in [0, 0.05) is 22.7 Å². The number of para-hydroxylation sites is 1. The summed E-state index contributed by atoms with van der Waals surface area (Å²) >= 11 is 4.07. The highest BCUT2D eigenvalue weighted by Crippen LogP contribution is 2.13. The summed E-state index contributed by atoms with van der Waals surface area (Å²) in [6.45, 7) is 0. The van der Waals surface area contributed by atoms with Crippen molar-refractivity contribution < 1.29 is 14.3 Å². The van der Waals surface area contributed by atoms with Gasteiger partial charge in [-0.3, -0.25) is 0 Å². The van der Waals surface area contributed by atoms with E-state index in [9.17, 15) is 9.59 Å². The Kier molecular flexibility index (Phi) is 3.93. The molecule has 0 fully saturated rings. The second-order valence-electron chi connectivity index (χ2n) is 2.63. The van der Waals surface area contributed by atoms with E-state index in [4.69, 9.17) is 5.73 Å². The van der Waals surface area contributed by atoms with Gasteiger partial charge in [-0.2, -0.15) is 0 Å². The van der Waals surface area contributed by atoms with Crippen LogP contribution in [0.25, 0.3) is 0 Å². The average molecular weight is 223 g/mol. The molecule has 0 aromatic heterocycles. The Morgan fingerprint density at radius 2 is 1.60 bits per heavy atom. The van der Waals surface area contributed by atoms with Crippen molar-refractivity contribution in [3.05, 3.63) is 36.4 Å². The highest BCUT2D eigenvalue weighted by atomic mass is 32.1. The standard InChI is InChI=1S/C6H7NS.C4H2O3/c7-5-3-1-2-4-6(5)8;5-3-1-2-4(6)7-3/h1-4,8H,7H2;1-2H. The Morgan fingerprint density at radius 1 is 1.07 bits per heavy atom. The average Bonchev–Trinajstić information content (AvgIpc) is 2.56. The largest absolute Gasteiger partial charge is 0.398 e. The molecule has 1 aliphatic rings. The van der Waals surface area contributed by atoms with Gasteiger partial charge in [0.1, 0.15) is 0 Å². The van der Waals surface area contributed by atoms with Crippen LogP contribution in [0.1, 0.15) is 0 Å². The van der Waals surface area contributed by atoms with Crippen LogP contribution in [-0.2, 0) is 14.3 Å². The summed E-state index contributed by atoms with van der Waals surface area (Å²) in [5.74, 6) is -1.16. The number of esters is 2. The molecule has 5 heteroatoms. The molecule has 0 amide bonds. The van der Waals surface area contributed by atoms with E-state index in [1.165, 1.54) is 0 Å². The molecule has 4 nitrogen and oxygen atoms in total. The minimum atomic E-state index is -0.579. The Bertz CT molecular complexity index is 378. The maximum Gasteiger partial charge on any atom is 0.338 e. The highest BCUT2D eigenvalue weighted by molar-refractivity contribution is 7.80. The third kappa shape index (κ3) is 3.86. The third-order valence-electron chi connectivity index (χ3n) is 1.49. The molecule has 15 heavy (non-hydrogen) atoms. The van der Waals surface area contributed by atoms with E-state index in [2.05, 4.69) is 17.4 Å². The molecule has 0 aliphatic carbocycles. The summed E-state index contributed by atoms with van der Waals surface area (Å²) in [6.07, 6.45) is 2.17. The molecule has 2 N–H and O–H groups in total. The number of thiol groups is 1. The van der Waals surface area contributed by atoms with Crippen LogP contribution < -0.4 is 5.73 Å². The van der Waals surface area contributed by atoms with Crippen molar-refractivity contribution in [2.45, 2.75) is 4.90 Å². The second-order valence-corrected chi connectivity index (χ2v) is 3.11. The number of hydrogen-bond acceptors (Lipinski definition) is 5. The molecule has 0 bridgehead atoms. The maximum atomic E-state index is 9.92. The van der Waals surface area contributed by atoms with Gasteiger partial charge in [0.05, 0.1) is 0 Å². The van der Waals surface area contributed by atoms with Gasteiger partial charge in [0.15, 0.2) is 0 Å². The van der Waals surface area contributed by atoms with E-state index < -0.39 is 11.9 Å². The van der Waals surface area contributed by atoms with Gasteiger partial charge in [0.2, 0.25) is 0 Å². The zero-order valence-electron chi connectivity index (χ0n) is 7.71. The second kappa shape index (κ2) is 5.21. The Balaban J connectivity index is 0.000000151. The summed E-state index contributed by atoms with van der Waals surface area (Å²) in [6, 6.07) is 7.47. The minimum absolute atomic E-state index is 0.579. The number of ether oxygens (including phenoxy) is 1. The lowest BCUT2D eigenvalue weighted by atomic mass is 10.3. The molecular weight excluding hydrogens is 214 g/mol. The van der Waals surface area contributed by atoms with Crippen molar-refractivity contribution in [3.63, 3.8) is 0 Å². The molecule has 1 heterocycles. The SMILES string of the molecule is Nc1ccccc1S.O=C1C=CC(=O)O1. The van der Waals surface area contributed by atoms with E-state index in [-0.39, 0.29) is 0 Å². The van der Waals surface area contributed by atoms with Gasteiger partial charge in [-0.1, -0.05) is 12.1 Å². The van der Waals surface area contributed by atoms with Gasteiger partial charge >= 0.3 is 11.9 Å². The number of benzene rings is 1. The summed E-state index contributed by atoms with van der Waals surface area (Å²) in [7, 11) is 0. The Morgan fingerprint density at radius 3 is 1.87 bits per heavy atom. The van der Waals surface area contributed by atoms with Gasteiger partial charge < -0.3 is 10.5 Å². The third-order valence-corrected chi connectivity index (χ3v) is 1.90. The fraction of sp³-hybridized carbons (Fsp3) is 0. The van der Waals surface area contributed by atoms with Gasteiger partial charge in [-0.25, -0.2) is 9.59 Å². The van der Waals surface area contributed by atoms with Crippen LogP contribution in [0, 0.1) is 0 Å². The van der Waals surface area contributed by atoms with Crippen LogP contribution in [0.2, 0.25) is 0 Å². The zero-order valence-corrected chi connectivity index (χ0v) is 8.61. The van der Waals surface area contributed by atoms with Crippen molar-refractivity contribution >= 4 is 30.3 Å². The summed E-state index contributed by atoms with van der Waals surface area (Å²) < 4.78 is 3.97. The highest BCUT2D eigenvalue weighted by Gasteiger charge is 2.10. The van der Waals surface area contributed by atoms with Crippen LogP contribution in [-0.4, -0.2) is 11.9 Å². The van der Waals surface area contributed by atoms with E-state index in [0.717, 1.165) is 22.7 Å². The van der Waals surface area contributed by atoms with Crippen LogP contribution in [0.15, 0.2) is 41.3 Å². The molecule has 1 aromatic rings. The lowest BCUT2D eigenvalue weighted by molar-refractivity contribution is -0.150. The summed E-state index contributed by atoms with van der Waals surface area (Å²) in [4.78, 5) is 20.7. The van der Waals surface area contributed by atoms with Crippen LogP contribution in [0.3, 0.4) is 0 Å². The van der Waals surface area contributed by atoms with Crippen molar-refractivity contribution in [2.75, 3.05) is 5.73 Å². The molecule has 1 aliphatic heterocycles.